The Morgan fingerprint density at radius 3 is 2.74 bits per heavy atom. The van der Waals surface area contributed by atoms with E-state index in [1.165, 1.54) is 7.11 Å². The molecule has 1 aromatic carbocycles. The van der Waals surface area contributed by atoms with Gasteiger partial charge in [-0.05, 0) is 42.8 Å². The van der Waals surface area contributed by atoms with Crippen LogP contribution in [0, 0.1) is 0 Å². The third kappa shape index (κ3) is 4.07. The average molecular weight is 314 g/mol. The van der Waals surface area contributed by atoms with Gasteiger partial charge in [0.2, 0.25) is 0 Å². The van der Waals surface area contributed by atoms with Crippen molar-refractivity contribution < 1.29 is 14.6 Å². The van der Waals surface area contributed by atoms with E-state index in [0.29, 0.717) is 12.3 Å². The molecule has 2 rings (SSSR count). The topological polar surface area (TPSA) is 62.7 Å². The third-order valence-electron chi connectivity index (χ3n) is 3.91. The molecule has 1 unspecified atom stereocenters. The van der Waals surface area contributed by atoms with Crippen LogP contribution in [0.25, 0.3) is 0 Å². The van der Waals surface area contributed by atoms with Crippen LogP contribution in [0.3, 0.4) is 0 Å². The molecule has 0 aliphatic carbocycles. The second kappa shape index (κ2) is 7.74. The third-order valence-corrected chi connectivity index (χ3v) is 3.91. The number of nitrogens with zero attached hydrogens (tertiary/aromatic N) is 2. The summed E-state index contributed by atoms with van der Waals surface area (Å²) >= 11 is 0. The lowest BCUT2D eigenvalue weighted by atomic mass is 10.0. The lowest BCUT2D eigenvalue weighted by molar-refractivity contribution is 0.0693. The first-order valence-electron chi connectivity index (χ1n) is 7.57. The smallest absolute Gasteiger partial charge is 0.339 e. The number of aromatic nitrogens is 1. The fourth-order valence-electron chi connectivity index (χ4n) is 2.79. The van der Waals surface area contributed by atoms with Gasteiger partial charge in [0.1, 0.15) is 11.3 Å². The summed E-state index contributed by atoms with van der Waals surface area (Å²) < 4.78 is 5.10. The summed E-state index contributed by atoms with van der Waals surface area (Å²) in [6, 6.07) is 9.51. The van der Waals surface area contributed by atoms with Crippen molar-refractivity contribution in [3.63, 3.8) is 0 Å². The lowest BCUT2D eigenvalue weighted by Gasteiger charge is -2.27. The number of methoxy groups -OCH3 is 1. The predicted molar refractivity (Wildman–Crippen MR) is 88.7 cm³/mol. The van der Waals surface area contributed by atoms with Crippen molar-refractivity contribution in [3.8, 4) is 5.75 Å². The number of carboxylic acids is 1. The van der Waals surface area contributed by atoms with Gasteiger partial charge >= 0.3 is 5.97 Å². The highest BCUT2D eigenvalue weighted by Crippen LogP contribution is 2.26. The zero-order valence-electron chi connectivity index (χ0n) is 13.7. The van der Waals surface area contributed by atoms with E-state index in [9.17, 15) is 9.90 Å². The maximum atomic E-state index is 11.3. The van der Waals surface area contributed by atoms with E-state index in [2.05, 4.69) is 22.9 Å². The Hall–Kier alpha value is -2.40. The number of carbonyl (C=O) groups is 1. The molecule has 0 spiro atoms. The summed E-state index contributed by atoms with van der Waals surface area (Å²) in [6.45, 7) is 2.78. The van der Waals surface area contributed by atoms with Crippen LogP contribution >= 0.6 is 0 Å². The Morgan fingerprint density at radius 2 is 2.17 bits per heavy atom. The number of aromatic carboxylic acids is 1. The van der Waals surface area contributed by atoms with E-state index in [0.717, 1.165) is 17.5 Å². The highest BCUT2D eigenvalue weighted by molar-refractivity contribution is 5.91. The molecule has 0 saturated carbocycles. The molecule has 0 saturated heterocycles. The Morgan fingerprint density at radius 1 is 1.39 bits per heavy atom. The minimum absolute atomic E-state index is 0.188. The molecule has 0 bridgehead atoms. The molecule has 5 nitrogen and oxygen atoms in total. The number of ether oxygens (including phenoxy) is 1. The van der Waals surface area contributed by atoms with Gasteiger partial charge in [-0.15, -0.1) is 0 Å². The van der Waals surface area contributed by atoms with Gasteiger partial charge in [-0.1, -0.05) is 19.1 Å². The molecular formula is C18H22N2O3. The van der Waals surface area contributed by atoms with Crippen molar-refractivity contribution in [1.29, 1.82) is 0 Å². The second-order valence-electron chi connectivity index (χ2n) is 5.47. The highest BCUT2D eigenvalue weighted by atomic mass is 16.5. The largest absolute Gasteiger partial charge is 0.496 e. The number of hydrogen-bond acceptors (Lipinski definition) is 4. The van der Waals surface area contributed by atoms with Crippen molar-refractivity contribution in [2.24, 2.45) is 0 Å². The molecule has 0 fully saturated rings. The van der Waals surface area contributed by atoms with E-state index < -0.39 is 5.97 Å². The first-order chi connectivity index (χ1) is 11.1. The SMILES string of the molecule is CCC(c1cccnc1)N(C)Cc1ccc(OC)c(C(=O)O)c1. The van der Waals surface area contributed by atoms with Crippen LogP contribution in [0.5, 0.6) is 5.75 Å². The molecule has 122 valence electrons. The van der Waals surface area contributed by atoms with E-state index in [1.807, 2.05) is 25.4 Å². The minimum atomic E-state index is -0.981. The zero-order chi connectivity index (χ0) is 16.8. The van der Waals surface area contributed by atoms with Crippen LogP contribution in [-0.4, -0.2) is 35.1 Å². The lowest BCUT2D eigenvalue weighted by Crippen LogP contribution is -2.24. The Kier molecular flexibility index (Phi) is 5.71. The number of pyridine rings is 1. The maximum Gasteiger partial charge on any atom is 0.339 e. The summed E-state index contributed by atoms with van der Waals surface area (Å²) in [4.78, 5) is 17.7. The van der Waals surface area contributed by atoms with Gasteiger partial charge in [0, 0.05) is 25.0 Å². The van der Waals surface area contributed by atoms with Crippen LogP contribution in [0.1, 0.15) is 40.9 Å². The van der Waals surface area contributed by atoms with Crippen molar-refractivity contribution in [3.05, 3.63) is 59.4 Å². The fraction of sp³-hybridized carbons (Fsp3) is 0.333. The second-order valence-corrected chi connectivity index (χ2v) is 5.47. The average Bonchev–Trinajstić information content (AvgIpc) is 2.56. The number of rotatable bonds is 7. The minimum Gasteiger partial charge on any atom is -0.496 e. The molecule has 0 aliphatic heterocycles. The molecule has 0 radical (unpaired) electrons. The van der Waals surface area contributed by atoms with Crippen LogP contribution in [0.2, 0.25) is 0 Å². The summed E-state index contributed by atoms with van der Waals surface area (Å²) in [5, 5.41) is 9.29. The van der Waals surface area contributed by atoms with Gasteiger partial charge in [-0.25, -0.2) is 4.79 Å². The molecule has 23 heavy (non-hydrogen) atoms. The summed E-state index contributed by atoms with van der Waals surface area (Å²) in [7, 11) is 3.51. The number of carboxylic acid groups (broad SMARTS) is 1. The number of hydrogen-bond donors (Lipinski definition) is 1. The number of benzene rings is 1. The van der Waals surface area contributed by atoms with E-state index in [-0.39, 0.29) is 11.6 Å². The molecular weight excluding hydrogens is 292 g/mol. The van der Waals surface area contributed by atoms with Crippen LogP contribution < -0.4 is 4.74 Å². The molecule has 0 aliphatic rings. The molecule has 1 atom stereocenters. The van der Waals surface area contributed by atoms with Gasteiger partial charge in [-0.3, -0.25) is 9.88 Å². The Bertz CT molecular complexity index is 659. The first kappa shape index (κ1) is 17.0. The first-order valence-corrected chi connectivity index (χ1v) is 7.57. The van der Waals surface area contributed by atoms with Crippen LogP contribution in [0.15, 0.2) is 42.7 Å². The standard InChI is InChI=1S/C18H22N2O3/c1-4-16(14-6-5-9-19-11-14)20(2)12-13-7-8-17(23-3)15(10-13)18(21)22/h5-11,16H,4,12H2,1-3H3,(H,21,22). The van der Waals surface area contributed by atoms with Crippen molar-refractivity contribution in [2.45, 2.75) is 25.9 Å². The molecule has 1 aromatic heterocycles. The molecule has 2 aromatic rings. The van der Waals surface area contributed by atoms with Crippen molar-refractivity contribution in [2.75, 3.05) is 14.2 Å². The molecule has 0 amide bonds. The van der Waals surface area contributed by atoms with Crippen molar-refractivity contribution >= 4 is 5.97 Å². The molecule has 1 heterocycles. The van der Waals surface area contributed by atoms with Crippen LogP contribution in [-0.2, 0) is 6.54 Å². The van der Waals surface area contributed by atoms with Gasteiger partial charge in [0.15, 0.2) is 0 Å². The summed E-state index contributed by atoms with van der Waals surface area (Å²) in [5.74, 6) is -0.603. The maximum absolute atomic E-state index is 11.3. The van der Waals surface area contributed by atoms with Gasteiger partial charge in [0.05, 0.1) is 7.11 Å². The van der Waals surface area contributed by atoms with E-state index >= 15 is 0 Å². The monoisotopic (exact) mass is 314 g/mol. The van der Waals surface area contributed by atoms with Gasteiger partial charge < -0.3 is 9.84 Å². The quantitative estimate of drug-likeness (QED) is 0.849. The summed E-state index contributed by atoms with van der Waals surface area (Å²) in [6.07, 6.45) is 4.59. The Labute approximate surface area is 136 Å². The normalized spacial score (nSPS) is 12.2. The Balaban J connectivity index is 2.20. The van der Waals surface area contributed by atoms with Crippen LogP contribution in [0.4, 0.5) is 0 Å². The van der Waals surface area contributed by atoms with Crippen molar-refractivity contribution in [1.82, 2.24) is 9.88 Å². The van der Waals surface area contributed by atoms with E-state index in [4.69, 9.17) is 4.74 Å². The molecule has 5 heteroatoms. The highest BCUT2D eigenvalue weighted by Gasteiger charge is 2.17. The van der Waals surface area contributed by atoms with E-state index in [1.54, 1.807) is 18.3 Å². The zero-order valence-corrected chi connectivity index (χ0v) is 13.7. The molecule has 1 N–H and O–H groups in total. The van der Waals surface area contributed by atoms with Gasteiger partial charge in [-0.2, -0.15) is 0 Å². The van der Waals surface area contributed by atoms with Gasteiger partial charge in [0.25, 0.3) is 0 Å². The predicted octanol–water partition coefficient (Wildman–Crippen LogP) is 3.37. The summed E-state index contributed by atoms with van der Waals surface area (Å²) in [5.41, 5.74) is 2.28. The fourth-order valence-corrected chi connectivity index (χ4v) is 2.79.